The predicted molar refractivity (Wildman–Crippen MR) is 125 cm³/mol. The molecule has 3 rings (SSSR count). The van der Waals surface area contributed by atoms with E-state index in [0.29, 0.717) is 22.7 Å². The second kappa shape index (κ2) is 10.6. The zero-order chi connectivity index (χ0) is 22.4. The molecule has 3 aromatic rings. The lowest BCUT2D eigenvalue weighted by Crippen LogP contribution is -2.13. The van der Waals surface area contributed by atoms with E-state index in [9.17, 15) is 9.59 Å². The Kier molecular flexibility index (Phi) is 7.88. The number of ether oxygens (including phenoxy) is 2. The van der Waals surface area contributed by atoms with Gasteiger partial charge in [-0.3, -0.25) is 9.59 Å². The van der Waals surface area contributed by atoms with E-state index in [1.54, 1.807) is 19.2 Å². The lowest BCUT2D eigenvalue weighted by atomic mass is 10.0. The molecule has 0 unspecified atom stereocenters. The number of carbonyl (C=O) groups is 2. The summed E-state index contributed by atoms with van der Waals surface area (Å²) >= 11 is 7.43. The summed E-state index contributed by atoms with van der Waals surface area (Å²) in [6.07, 6.45) is 0.933. The summed E-state index contributed by atoms with van der Waals surface area (Å²) < 4.78 is 10.6. The van der Waals surface area contributed by atoms with Gasteiger partial charge in [0.1, 0.15) is 5.75 Å². The van der Waals surface area contributed by atoms with Gasteiger partial charge < -0.3 is 9.47 Å². The van der Waals surface area contributed by atoms with Crippen molar-refractivity contribution < 1.29 is 19.1 Å². The number of esters is 1. The molecular weight excluding hydrogens is 432 g/mol. The van der Waals surface area contributed by atoms with Crippen LogP contribution in [0.2, 0.25) is 5.02 Å². The number of carbonyl (C=O) groups excluding carboxylic acids is 2. The highest BCUT2D eigenvalue weighted by Crippen LogP contribution is 2.35. The second-order valence-corrected chi connectivity index (χ2v) is 8.95. The van der Waals surface area contributed by atoms with Gasteiger partial charge in [-0.15, -0.1) is 11.3 Å². The quantitative estimate of drug-likeness (QED) is 0.276. The van der Waals surface area contributed by atoms with Gasteiger partial charge in [0.25, 0.3) is 0 Å². The molecule has 0 amide bonds. The third kappa shape index (κ3) is 6.42. The molecule has 0 spiro atoms. The Labute approximate surface area is 191 Å². The Hall–Kier alpha value is -2.63. The Bertz CT molecular complexity index is 1050. The van der Waals surface area contributed by atoms with Crippen molar-refractivity contribution in [3.63, 3.8) is 0 Å². The van der Waals surface area contributed by atoms with E-state index in [1.165, 1.54) is 11.3 Å². The Morgan fingerprint density at radius 3 is 2.48 bits per heavy atom. The molecule has 162 valence electrons. The van der Waals surface area contributed by atoms with Crippen molar-refractivity contribution in [3.05, 3.63) is 75.6 Å². The van der Waals surface area contributed by atoms with Crippen LogP contribution in [0.1, 0.15) is 41.1 Å². The molecule has 1 heterocycles. The van der Waals surface area contributed by atoms with Gasteiger partial charge in [-0.25, -0.2) is 0 Å². The van der Waals surface area contributed by atoms with E-state index in [2.05, 4.69) is 0 Å². The van der Waals surface area contributed by atoms with E-state index >= 15 is 0 Å². The normalized spacial score (nSPS) is 10.9. The van der Waals surface area contributed by atoms with Crippen molar-refractivity contribution in [2.75, 3.05) is 7.11 Å². The topological polar surface area (TPSA) is 52.6 Å². The van der Waals surface area contributed by atoms with Gasteiger partial charge in [0.05, 0.1) is 24.5 Å². The Morgan fingerprint density at radius 1 is 1.06 bits per heavy atom. The molecule has 0 bridgehead atoms. The maximum absolute atomic E-state index is 12.9. The number of halogens is 1. The minimum Gasteiger partial charge on any atom is -0.497 e. The van der Waals surface area contributed by atoms with Gasteiger partial charge in [-0.05, 0) is 67.3 Å². The maximum atomic E-state index is 12.9. The molecule has 0 fully saturated rings. The van der Waals surface area contributed by atoms with Gasteiger partial charge in [0.2, 0.25) is 0 Å². The molecule has 6 heteroatoms. The van der Waals surface area contributed by atoms with Crippen molar-refractivity contribution in [3.8, 4) is 16.2 Å². The minimum absolute atomic E-state index is 0.0477. The van der Waals surface area contributed by atoms with Crippen molar-refractivity contribution in [1.82, 2.24) is 0 Å². The van der Waals surface area contributed by atoms with Crippen LogP contribution >= 0.6 is 22.9 Å². The molecule has 0 radical (unpaired) electrons. The van der Waals surface area contributed by atoms with Crippen LogP contribution in [0.4, 0.5) is 0 Å². The number of ketones is 1. The summed E-state index contributed by atoms with van der Waals surface area (Å²) in [5, 5.41) is 0.635. The standard InChI is InChI=1S/C25H25ClO4S/c1-16(2)30-24(28)15-19-14-23(31-25(19)18-8-10-20(26)11-9-18)22(27)12-7-17-5-4-6-21(13-17)29-3/h4-6,8-11,13-14,16H,7,12,15H2,1-3H3. The highest BCUT2D eigenvalue weighted by Gasteiger charge is 2.19. The number of hydrogen-bond acceptors (Lipinski definition) is 5. The number of benzene rings is 2. The largest absolute Gasteiger partial charge is 0.497 e. The summed E-state index contributed by atoms with van der Waals surface area (Å²) in [6, 6.07) is 16.9. The van der Waals surface area contributed by atoms with Crippen LogP contribution in [0.15, 0.2) is 54.6 Å². The summed E-state index contributed by atoms with van der Waals surface area (Å²) in [4.78, 5) is 26.7. The number of hydrogen-bond donors (Lipinski definition) is 0. The fourth-order valence-corrected chi connectivity index (χ4v) is 4.49. The number of rotatable bonds is 9. The highest BCUT2D eigenvalue weighted by molar-refractivity contribution is 7.17. The first kappa shape index (κ1) is 23.0. The number of aryl methyl sites for hydroxylation is 1. The predicted octanol–water partition coefficient (Wildman–Crippen LogP) is 6.39. The average molecular weight is 457 g/mol. The van der Waals surface area contributed by atoms with Crippen molar-refractivity contribution in [1.29, 1.82) is 0 Å². The van der Waals surface area contributed by atoms with Crippen LogP contribution in [0.25, 0.3) is 10.4 Å². The van der Waals surface area contributed by atoms with Gasteiger partial charge in [0.15, 0.2) is 5.78 Å². The van der Waals surface area contributed by atoms with Crippen LogP contribution in [0.3, 0.4) is 0 Å². The van der Waals surface area contributed by atoms with Crippen molar-refractivity contribution in [2.45, 2.75) is 39.2 Å². The van der Waals surface area contributed by atoms with Crippen molar-refractivity contribution in [2.24, 2.45) is 0 Å². The first-order valence-electron chi connectivity index (χ1n) is 10.1. The second-order valence-electron chi connectivity index (χ2n) is 7.46. The molecule has 0 aliphatic heterocycles. The van der Waals surface area contributed by atoms with Crippen LogP contribution in [0, 0.1) is 0 Å². The van der Waals surface area contributed by atoms with Gasteiger partial charge in [-0.2, -0.15) is 0 Å². The molecule has 0 N–H and O–H groups in total. The molecular formula is C25H25ClO4S. The van der Waals surface area contributed by atoms with Crippen LogP contribution < -0.4 is 4.74 Å². The molecule has 0 saturated carbocycles. The molecule has 0 aliphatic rings. The van der Waals surface area contributed by atoms with Crippen LogP contribution in [-0.2, 0) is 22.4 Å². The molecule has 31 heavy (non-hydrogen) atoms. The molecule has 4 nitrogen and oxygen atoms in total. The molecule has 0 atom stereocenters. The summed E-state index contributed by atoms with van der Waals surface area (Å²) in [6.45, 7) is 3.64. The molecule has 1 aromatic heterocycles. The molecule has 2 aromatic carbocycles. The SMILES string of the molecule is COc1cccc(CCC(=O)c2cc(CC(=O)OC(C)C)c(-c3ccc(Cl)cc3)s2)c1. The zero-order valence-corrected chi connectivity index (χ0v) is 19.4. The summed E-state index contributed by atoms with van der Waals surface area (Å²) in [5.41, 5.74) is 2.76. The highest BCUT2D eigenvalue weighted by atomic mass is 35.5. The van der Waals surface area contributed by atoms with Gasteiger partial charge in [-0.1, -0.05) is 35.9 Å². The maximum Gasteiger partial charge on any atom is 0.310 e. The molecule has 0 saturated heterocycles. The first-order chi connectivity index (χ1) is 14.9. The third-order valence-electron chi connectivity index (χ3n) is 4.67. The fraction of sp³-hybridized carbons (Fsp3) is 0.280. The van der Waals surface area contributed by atoms with E-state index in [-0.39, 0.29) is 24.3 Å². The number of methoxy groups -OCH3 is 1. The lowest BCUT2D eigenvalue weighted by molar-refractivity contribution is -0.146. The van der Waals surface area contributed by atoms with E-state index in [0.717, 1.165) is 27.3 Å². The Balaban J connectivity index is 1.82. The Morgan fingerprint density at radius 2 is 1.81 bits per heavy atom. The number of Topliss-reactive ketones (excluding diaryl/α,β-unsaturated/α-hetero) is 1. The fourth-order valence-electron chi connectivity index (χ4n) is 3.21. The van der Waals surface area contributed by atoms with Gasteiger partial charge in [0, 0.05) is 16.3 Å². The first-order valence-corrected chi connectivity index (χ1v) is 11.3. The average Bonchev–Trinajstić information content (AvgIpc) is 3.15. The van der Waals surface area contributed by atoms with E-state index in [1.807, 2.05) is 56.3 Å². The van der Waals surface area contributed by atoms with Crippen LogP contribution in [0.5, 0.6) is 5.75 Å². The monoisotopic (exact) mass is 456 g/mol. The smallest absolute Gasteiger partial charge is 0.310 e. The minimum atomic E-state index is -0.307. The van der Waals surface area contributed by atoms with Gasteiger partial charge >= 0.3 is 5.97 Å². The summed E-state index contributed by atoms with van der Waals surface area (Å²) in [5.74, 6) is 0.516. The zero-order valence-electron chi connectivity index (χ0n) is 17.8. The number of thiophene rings is 1. The summed E-state index contributed by atoms with van der Waals surface area (Å²) in [7, 11) is 1.63. The van der Waals surface area contributed by atoms with E-state index < -0.39 is 0 Å². The molecule has 0 aliphatic carbocycles. The van der Waals surface area contributed by atoms with E-state index in [4.69, 9.17) is 21.1 Å². The van der Waals surface area contributed by atoms with Crippen molar-refractivity contribution >= 4 is 34.7 Å². The third-order valence-corrected chi connectivity index (χ3v) is 6.19. The van der Waals surface area contributed by atoms with Crippen LogP contribution in [-0.4, -0.2) is 25.0 Å². The lowest BCUT2D eigenvalue weighted by Gasteiger charge is -2.08.